The molecule has 3 N–H and O–H groups in total. The van der Waals surface area contributed by atoms with Crippen LogP contribution in [0.25, 0.3) is 11.1 Å². The van der Waals surface area contributed by atoms with Crippen molar-refractivity contribution in [3.05, 3.63) is 59.7 Å². The third-order valence-electron chi connectivity index (χ3n) is 6.13. The SMILES string of the molecule is NCCCCCCCCCC(C(=O)O)C(=O)OCC1c2ccccc2-c2ccccc21. The third-order valence-corrected chi connectivity index (χ3v) is 6.13. The van der Waals surface area contributed by atoms with Gasteiger partial charge in [0.2, 0.25) is 0 Å². The molecule has 0 radical (unpaired) electrons. The van der Waals surface area contributed by atoms with Crippen molar-refractivity contribution in [2.24, 2.45) is 11.7 Å². The summed E-state index contributed by atoms with van der Waals surface area (Å²) in [5, 5.41) is 9.54. The smallest absolute Gasteiger partial charge is 0.320 e. The van der Waals surface area contributed by atoms with Crippen molar-refractivity contribution in [1.29, 1.82) is 0 Å². The highest BCUT2D eigenvalue weighted by Gasteiger charge is 2.32. The lowest BCUT2D eigenvalue weighted by Gasteiger charge is -2.17. The molecule has 1 unspecified atom stereocenters. The van der Waals surface area contributed by atoms with E-state index in [1.807, 2.05) is 24.3 Å². The average Bonchev–Trinajstić information content (AvgIpc) is 3.10. The molecule has 0 saturated carbocycles. The van der Waals surface area contributed by atoms with Crippen molar-refractivity contribution < 1.29 is 19.4 Å². The Bertz CT molecular complexity index is 834. The first-order valence-electron chi connectivity index (χ1n) is 11.4. The van der Waals surface area contributed by atoms with Crippen molar-refractivity contribution >= 4 is 11.9 Å². The van der Waals surface area contributed by atoms with Crippen molar-refractivity contribution in [3.8, 4) is 11.1 Å². The molecule has 0 amide bonds. The van der Waals surface area contributed by atoms with Crippen LogP contribution in [0.4, 0.5) is 0 Å². The first-order valence-corrected chi connectivity index (χ1v) is 11.4. The number of fused-ring (bicyclic) bond motifs is 3. The molecule has 31 heavy (non-hydrogen) atoms. The Kier molecular flexibility index (Phi) is 8.65. The summed E-state index contributed by atoms with van der Waals surface area (Å²) in [6, 6.07) is 16.2. The number of carboxylic acids is 1. The number of esters is 1. The van der Waals surface area contributed by atoms with Gasteiger partial charge in [0.05, 0.1) is 0 Å². The third kappa shape index (κ3) is 5.95. The quantitative estimate of drug-likeness (QED) is 0.265. The predicted octanol–water partition coefficient (Wildman–Crippen LogP) is 5.12. The van der Waals surface area contributed by atoms with Crippen LogP contribution in [0.3, 0.4) is 0 Å². The number of carbonyl (C=O) groups excluding carboxylic acids is 1. The number of benzene rings is 2. The zero-order valence-corrected chi connectivity index (χ0v) is 18.1. The van der Waals surface area contributed by atoms with Gasteiger partial charge < -0.3 is 15.6 Å². The van der Waals surface area contributed by atoms with E-state index in [0.29, 0.717) is 6.42 Å². The van der Waals surface area contributed by atoms with Gasteiger partial charge in [0.15, 0.2) is 5.92 Å². The van der Waals surface area contributed by atoms with Crippen LogP contribution >= 0.6 is 0 Å². The van der Waals surface area contributed by atoms with Crippen LogP contribution in [0, 0.1) is 5.92 Å². The summed E-state index contributed by atoms with van der Waals surface area (Å²) in [7, 11) is 0. The van der Waals surface area contributed by atoms with Crippen LogP contribution in [-0.4, -0.2) is 30.2 Å². The molecule has 166 valence electrons. The molecule has 5 heteroatoms. The first-order chi connectivity index (χ1) is 15.1. The van der Waals surface area contributed by atoms with E-state index in [0.717, 1.165) is 73.7 Å². The van der Waals surface area contributed by atoms with Gasteiger partial charge in [-0.3, -0.25) is 9.59 Å². The lowest BCUT2D eigenvalue weighted by atomic mass is 9.97. The molecular weight excluding hydrogens is 390 g/mol. The Hall–Kier alpha value is -2.66. The van der Waals surface area contributed by atoms with E-state index < -0.39 is 17.9 Å². The Morgan fingerprint density at radius 3 is 1.90 bits per heavy atom. The van der Waals surface area contributed by atoms with Gasteiger partial charge in [0.1, 0.15) is 6.61 Å². The lowest BCUT2D eigenvalue weighted by Crippen LogP contribution is -2.27. The lowest BCUT2D eigenvalue weighted by molar-refractivity contribution is -0.159. The molecule has 0 aromatic heterocycles. The number of hydrogen-bond donors (Lipinski definition) is 2. The standard InChI is InChI=1S/C26H33NO4/c27-17-11-5-3-1-2-4-6-16-23(25(28)29)26(30)31-18-24-21-14-9-7-12-19(21)20-13-8-10-15-22(20)24/h7-10,12-15,23-24H,1-6,11,16-18,27H2,(H,28,29). The fourth-order valence-electron chi connectivity index (χ4n) is 4.42. The molecule has 1 atom stereocenters. The van der Waals surface area contributed by atoms with Crippen molar-refractivity contribution in [2.45, 2.75) is 57.3 Å². The Morgan fingerprint density at radius 2 is 1.35 bits per heavy atom. The van der Waals surface area contributed by atoms with Crippen LogP contribution in [0.5, 0.6) is 0 Å². The molecule has 0 heterocycles. The highest BCUT2D eigenvalue weighted by Crippen LogP contribution is 2.44. The van der Waals surface area contributed by atoms with E-state index in [4.69, 9.17) is 10.5 Å². The van der Waals surface area contributed by atoms with Gasteiger partial charge in [0.25, 0.3) is 0 Å². The van der Waals surface area contributed by atoms with Crippen LogP contribution in [0.2, 0.25) is 0 Å². The van der Waals surface area contributed by atoms with E-state index in [1.165, 1.54) is 0 Å². The zero-order valence-electron chi connectivity index (χ0n) is 18.1. The molecule has 0 saturated heterocycles. The number of ether oxygens (including phenoxy) is 1. The number of aliphatic carboxylic acids is 1. The minimum Gasteiger partial charge on any atom is -0.481 e. The maximum Gasteiger partial charge on any atom is 0.320 e. The molecule has 2 aromatic carbocycles. The number of carbonyl (C=O) groups is 2. The largest absolute Gasteiger partial charge is 0.481 e. The van der Waals surface area contributed by atoms with Gasteiger partial charge in [0, 0.05) is 5.92 Å². The molecule has 5 nitrogen and oxygen atoms in total. The van der Waals surface area contributed by atoms with Gasteiger partial charge in [-0.05, 0) is 41.6 Å². The van der Waals surface area contributed by atoms with Gasteiger partial charge >= 0.3 is 11.9 Å². The van der Waals surface area contributed by atoms with Crippen molar-refractivity contribution in [1.82, 2.24) is 0 Å². The Labute approximate surface area is 184 Å². The highest BCUT2D eigenvalue weighted by atomic mass is 16.5. The Balaban J connectivity index is 1.51. The molecule has 0 fully saturated rings. The van der Waals surface area contributed by atoms with Crippen LogP contribution in [0.1, 0.15) is 68.4 Å². The fraction of sp³-hybridized carbons (Fsp3) is 0.462. The second-order valence-electron chi connectivity index (χ2n) is 8.30. The highest BCUT2D eigenvalue weighted by molar-refractivity contribution is 5.94. The summed E-state index contributed by atoms with van der Waals surface area (Å²) in [6.45, 7) is 0.901. The Morgan fingerprint density at radius 1 is 0.839 bits per heavy atom. The van der Waals surface area contributed by atoms with E-state index >= 15 is 0 Å². The number of unbranched alkanes of at least 4 members (excludes halogenated alkanes) is 6. The minimum atomic E-state index is -1.10. The average molecular weight is 424 g/mol. The second kappa shape index (κ2) is 11.7. The summed E-state index contributed by atoms with van der Waals surface area (Å²) in [5.41, 5.74) is 10.0. The fourth-order valence-corrected chi connectivity index (χ4v) is 4.42. The summed E-state index contributed by atoms with van der Waals surface area (Å²) < 4.78 is 5.55. The molecule has 1 aliphatic carbocycles. The van der Waals surface area contributed by atoms with Crippen molar-refractivity contribution in [2.75, 3.05) is 13.2 Å². The minimum absolute atomic E-state index is 0.0562. The topological polar surface area (TPSA) is 89.6 Å². The van der Waals surface area contributed by atoms with Gasteiger partial charge in [-0.25, -0.2) is 0 Å². The van der Waals surface area contributed by atoms with Crippen LogP contribution < -0.4 is 5.73 Å². The van der Waals surface area contributed by atoms with E-state index in [2.05, 4.69) is 24.3 Å². The van der Waals surface area contributed by atoms with E-state index in [-0.39, 0.29) is 12.5 Å². The maximum absolute atomic E-state index is 12.6. The van der Waals surface area contributed by atoms with E-state index in [9.17, 15) is 14.7 Å². The molecule has 2 aromatic rings. The molecular formula is C26H33NO4. The summed E-state index contributed by atoms with van der Waals surface area (Å²) in [4.78, 5) is 24.2. The van der Waals surface area contributed by atoms with Crippen LogP contribution in [-0.2, 0) is 14.3 Å². The molecule has 3 rings (SSSR count). The number of rotatable bonds is 13. The van der Waals surface area contributed by atoms with Crippen molar-refractivity contribution in [3.63, 3.8) is 0 Å². The normalized spacial score (nSPS) is 13.5. The monoisotopic (exact) mass is 423 g/mol. The molecule has 0 bridgehead atoms. The summed E-state index contributed by atoms with van der Waals surface area (Å²) in [5.74, 6) is -2.87. The van der Waals surface area contributed by atoms with Crippen LogP contribution in [0.15, 0.2) is 48.5 Å². The number of hydrogen-bond acceptors (Lipinski definition) is 4. The summed E-state index contributed by atoms with van der Waals surface area (Å²) >= 11 is 0. The summed E-state index contributed by atoms with van der Waals surface area (Å²) in [6.07, 6.45) is 7.53. The van der Waals surface area contributed by atoms with Gasteiger partial charge in [-0.2, -0.15) is 0 Å². The van der Waals surface area contributed by atoms with Gasteiger partial charge in [-0.15, -0.1) is 0 Å². The van der Waals surface area contributed by atoms with Gasteiger partial charge in [-0.1, -0.05) is 87.1 Å². The molecule has 1 aliphatic rings. The zero-order chi connectivity index (χ0) is 22.1. The molecule has 0 aliphatic heterocycles. The predicted molar refractivity (Wildman–Crippen MR) is 122 cm³/mol. The first kappa shape index (κ1) is 23.0. The second-order valence-corrected chi connectivity index (χ2v) is 8.30. The number of carboxylic acid groups (broad SMARTS) is 1. The number of nitrogens with two attached hydrogens (primary N) is 1. The molecule has 0 spiro atoms. The maximum atomic E-state index is 12.6. The van der Waals surface area contributed by atoms with E-state index in [1.54, 1.807) is 0 Å².